The maximum atomic E-state index is 14.8. The zero-order valence-corrected chi connectivity index (χ0v) is 21.9. The van der Waals surface area contributed by atoms with Crippen molar-refractivity contribution in [2.75, 3.05) is 6.54 Å². The minimum Gasteiger partial charge on any atom is -0.456 e. The Morgan fingerprint density at radius 3 is 2.42 bits per heavy atom. The Labute approximate surface area is 199 Å². The van der Waals surface area contributed by atoms with Gasteiger partial charge in [0.2, 0.25) is 0 Å². The number of unbranched alkanes of at least 4 members (excludes halogenated alkanes) is 1. The van der Waals surface area contributed by atoms with E-state index in [4.69, 9.17) is 4.74 Å². The average molecular weight is 462 g/mol. The number of rotatable bonds is 9. The fourth-order valence-electron chi connectivity index (χ4n) is 6.21. The van der Waals surface area contributed by atoms with Crippen LogP contribution in [0, 0.1) is 22.6 Å². The van der Waals surface area contributed by atoms with Gasteiger partial charge in [0.05, 0.1) is 11.0 Å². The number of fused-ring (bicyclic) bond motifs is 2. The summed E-state index contributed by atoms with van der Waals surface area (Å²) in [6, 6.07) is 4.88. The Morgan fingerprint density at radius 1 is 1.24 bits per heavy atom. The molecule has 0 radical (unpaired) electrons. The molecule has 2 saturated carbocycles. The van der Waals surface area contributed by atoms with Crippen LogP contribution in [0.4, 0.5) is 4.39 Å². The van der Waals surface area contributed by atoms with Crippen molar-refractivity contribution in [1.29, 1.82) is 0 Å². The molecule has 0 spiro atoms. The monoisotopic (exact) mass is 461 g/mol. The van der Waals surface area contributed by atoms with Crippen LogP contribution in [0.5, 0.6) is 0 Å². The van der Waals surface area contributed by atoms with Crippen LogP contribution in [0.15, 0.2) is 18.2 Å². The highest BCUT2D eigenvalue weighted by Gasteiger charge is 2.73. The van der Waals surface area contributed by atoms with E-state index in [-0.39, 0.29) is 22.6 Å². The lowest BCUT2D eigenvalue weighted by molar-refractivity contribution is -0.193. The van der Waals surface area contributed by atoms with Crippen molar-refractivity contribution < 1.29 is 19.0 Å². The number of benzene rings is 1. The summed E-state index contributed by atoms with van der Waals surface area (Å²) < 4.78 is 20.9. The van der Waals surface area contributed by atoms with E-state index in [0.717, 1.165) is 43.4 Å². The van der Waals surface area contributed by atoms with Crippen molar-refractivity contribution in [3.8, 4) is 0 Å². The number of carbonyl (C=O) groups is 1. The molecule has 3 rings (SSSR count). The summed E-state index contributed by atoms with van der Waals surface area (Å²) in [5.74, 6) is -0.322. The van der Waals surface area contributed by atoms with Crippen LogP contribution >= 0.6 is 0 Å². The quantitative estimate of drug-likeness (QED) is 0.355. The molecule has 3 unspecified atom stereocenters. The first-order valence-electron chi connectivity index (χ1n) is 12.6. The third-order valence-corrected chi connectivity index (χ3v) is 9.65. The number of esters is 1. The maximum Gasteiger partial charge on any atom is 0.317 e. The van der Waals surface area contributed by atoms with Gasteiger partial charge in [0.1, 0.15) is 11.4 Å². The molecule has 1 aromatic carbocycles. The number of aliphatic hydroxyl groups is 1. The van der Waals surface area contributed by atoms with Gasteiger partial charge < -0.3 is 15.2 Å². The average Bonchev–Trinajstić information content (AvgIpc) is 3.03. The van der Waals surface area contributed by atoms with Gasteiger partial charge in [-0.15, -0.1) is 0 Å². The van der Waals surface area contributed by atoms with Gasteiger partial charge in [-0.3, -0.25) is 4.79 Å². The third kappa shape index (κ3) is 4.03. The van der Waals surface area contributed by atoms with Crippen molar-refractivity contribution in [2.24, 2.45) is 16.7 Å². The molecule has 1 aromatic rings. The molecule has 33 heavy (non-hydrogen) atoms. The smallest absolute Gasteiger partial charge is 0.317 e. The summed E-state index contributed by atoms with van der Waals surface area (Å²) in [4.78, 5) is 14.3. The SMILES string of the molecule is CCCCNCc1ccc(F)cc1C1(C(=O)OC(C)(C)C(C)(C)O)CC2CCC1(C)C2(C)C. The Bertz CT molecular complexity index is 888. The molecular formula is C28H44FNO3. The minimum absolute atomic E-state index is 0.0931. The lowest BCUT2D eigenvalue weighted by Gasteiger charge is -2.49. The Hall–Kier alpha value is -1.46. The normalized spacial score (nSPS) is 28.8. The van der Waals surface area contributed by atoms with Crippen molar-refractivity contribution in [3.63, 3.8) is 0 Å². The van der Waals surface area contributed by atoms with Crippen LogP contribution < -0.4 is 5.32 Å². The largest absolute Gasteiger partial charge is 0.456 e. The summed E-state index contributed by atoms with van der Waals surface area (Å²) >= 11 is 0. The molecule has 0 saturated heterocycles. The second-order valence-corrected chi connectivity index (χ2v) is 12.2. The summed E-state index contributed by atoms with van der Waals surface area (Å²) in [5, 5.41) is 14.2. The Balaban J connectivity index is 2.15. The van der Waals surface area contributed by atoms with Crippen LogP contribution in [-0.2, 0) is 21.5 Å². The van der Waals surface area contributed by atoms with Gasteiger partial charge >= 0.3 is 5.97 Å². The molecule has 0 amide bonds. The van der Waals surface area contributed by atoms with Gasteiger partial charge in [0.25, 0.3) is 0 Å². The van der Waals surface area contributed by atoms with E-state index in [1.54, 1.807) is 33.8 Å². The van der Waals surface area contributed by atoms with Gasteiger partial charge in [-0.2, -0.15) is 0 Å². The van der Waals surface area contributed by atoms with E-state index in [1.165, 1.54) is 6.07 Å². The second-order valence-electron chi connectivity index (χ2n) is 12.2. The molecule has 0 aromatic heterocycles. The molecule has 3 atom stereocenters. The first kappa shape index (κ1) is 26.2. The lowest BCUT2D eigenvalue weighted by Crippen LogP contribution is -2.57. The minimum atomic E-state index is -1.22. The van der Waals surface area contributed by atoms with E-state index in [0.29, 0.717) is 18.9 Å². The fraction of sp³-hybridized carbons (Fsp3) is 0.750. The van der Waals surface area contributed by atoms with Crippen molar-refractivity contribution in [3.05, 3.63) is 35.1 Å². The summed E-state index contributed by atoms with van der Waals surface area (Å²) in [6.45, 7) is 17.1. The highest BCUT2D eigenvalue weighted by Crippen LogP contribution is 2.74. The Morgan fingerprint density at radius 2 is 1.91 bits per heavy atom. The van der Waals surface area contributed by atoms with Gasteiger partial charge in [0.15, 0.2) is 0 Å². The highest BCUT2D eigenvalue weighted by atomic mass is 19.1. The van der Waals surface area contributed by atoms with Gasteiger partial charge in [-0.05, 0) is 99.9 Å². The van der Waals surface area contributed by atoms with Crippen molar-refractivity contribution in [2.45, 2.75) is 111 Å². The standard InChI is InChI=1S/C28H44FNO3/c1-9-10-15-30-18-19-11-12-21(29)16-22(19)28(23(31)33-26(6,7)25(4,5)32)17-20-13-14-27(28,8)24(20,2)3/h11-12,16,20,30,32H,9-10,13-15,17-18H2,1-8H3. The molecule has 4 nitrogen and oxygen atoms in total. The molecule has 0 heterocycles. The number of carbonyl (C=O) groups excluding carboxylic acids is 1. The fourth-order valence-corrected chi connectivity index (χ4v) is 6.21. The van der Waals surface area contributed by atoms with Crippen molar-refractivity contribution >= 4 is 5.97 Å². The molecule has 2 bridgehead atoms. The van der Waals surface area contributed by atoms with Crippen LogP contribution in [0.3, 0.4) is 0 Å². The zero-order valence-electron chi connectivity index (χ0n) is 21.9. The van der Waals surface area contributed by atoms with Crippen LogP contribution in [0.2, 0.25) is 0 Å². The number of nitrogens with one attached hydrogen (secondary N) is 1. The van der Waals surface area contributed by atoms with Crippen LogP contribution in [0.1, 0.15) is 98.6 Å². The second kappa shape index (κ2) is 8.64. The lowest BCUT2D eigenvalue weighted by atomic mass is 9.55. The summed E-state index contributed by atoms with van der Waals surface area (Å²) in [6.07, 6.45) is 4.76. The first-order valence-corrected chi connectivity index (χ1v) is 12.6. The number of ether oxygens (including phenoxy) is 1. The molecule has 0 aliphatic heterocycles. The third-order valence-electron chi connectivity index (χ3n) is 9.65. The predicted octanol–water partition coefficient (Wildman–Crippen LogP) is 5.89. The number of hydrogen-bond donors (Lipinski definition) is 2. The summed E-state index contributed by atoms with van der Waals surface area (Å²) in [5.41, 5.74) is -2.05. The van der Waals surface area contributed by atoms with Gasteiger partial charge in [-0.1, -0.05) is 40.2 Å². The van der Waals surface area contributed by atoms with Crippen LogP contribution in [-0.4, -0.2) is 28.8 Å². The van der Waals surface area contributed by atoms with E-state index in [1.807, 2.05) is 6.07 Å². The van der Waals surface area contributed by atoms with E-state index >= 15 is 0 Å². The topological polar surface area (TPSA) is 58.6 Å². The molecule has 2 N–H and O–H groups in total. The summed E-state index contributed by atoms with van der Waals surface area (Å²) in [7, 11) is 0. The molecule has 186 valence electrons. The van der Waals surface area contributed by atoms with E-state index in [2.05, 4.69) is 33.0 Å². The van der Waals surface area contributed by atoms with Gasteiger partial charge in [0, 0.05) is 6.54 Å². The van der Waals surface area contributed by atoms with Crippen LogP contribution in [0.25, 0.3) is 0 Å². The maximum absolute atomic E-state index is 14.8. The highest BCUT2D eigenvalue weighted by molar-refractivity contribution is 5.87. The zero-order chi connectivity index (χ0) is 24.9. The number of hydrogen-bond acceptors (Lipinski definition) is 4. The first-order chi connectivity index (χ1) is 15.1. The Kier molecular flexibility index (Phi) is 6.85. The predicted molar refractivity (Wildman–Crippen MR) is 130 cm³/mol. The van der Waals surface area contributed by atoms with E-state index in [9.17, 15) is 14.3 Å². The molecule has 2 aliphatic rings. The van der Waals surface area contributed by atoms with Gasteiger partial charge in [-0.25, -0.2) is 4.39 Å². The molecule has 2 aliphatic carbocycles. The molecule has 5 heteroatoms. The van der Waals surface area contributed by atoms with Crippen molar-refractivity contribution in [1.82, 2.24) is 5.32 Å². The molecule has 2 fully saturated rings. The van der Waals surface area contributed by atoms with E-state index < -0.39 is 16.6 Å². The number of halogens is 1. The molecular weight excluding hydrogens is 417 g/mol.